The van der Waals surface area contributed by atoms with Crippen LogP contribution in [-0.2, 0) is 11.2 Å². The molecule has 2 amide bonds. The van der Waals surface area contributed by atoms with E-state index in [-0.39, 0.29) is 17.6 Å². The number of hydrogen-bond donors (Lipinski definition) is 1. The molecule has 0 aromatic heterocycles. The fourth-order valence-corrected chi connectivity index (χ4v) is 3.31. The lowest BCUT2D eigenvalue weighted by Crippen LogP contribution is -2.21. The summed E-state index contributed by atoms with van der Waals surface area (Å²) in [6.45, 7) is 4.33. The molecule has 7 heteroatoms. The van der Waals surface area contributed by atoms with Gasteiger partial charge in [0.25, 0.3) is 11.8 Å². The van der Waals surface area contributed by atoms with Crippen LogP contribution in [0.2, 0.25) is 0 Å². The normalized spacial score (nSPS) is 14.8. The van der Waals surface area contributed by atoms with Crippen LogP contribution in [-0.4, -0.2) is 43.5 Å². The van der Waals surface area contributed by atoms with Crippen molar-refractivity contribution in [3.05, 3.63) is 58.7 Å². The number of carbonyl (C=O) groups excluding carboxylic acids is 2. The molecule has 1 N–H and O–H groups in total. The van der Waals surface area contributed by atoms with Gasteiger partial charge < -0.3 is 19.7 Å². The predicted molar refractivity (Wildman–Crippen MR) is 118 cm³/mol. The Bertz CT molecular complexity index is 1070. The standard InChI is InChI=1S/C24H25N3O4/c1-5-30-21-12-17-10-15(2)31-22(17)13-18(21)11-19(14-25)23(28)26-20-8-6-16(7-9-20)24(29)27(3)4/h6-9,11-13,15H,5,10H2,1-4H3,(H,26,28)/b19-11+/t15-/m0/s1. The highest BCUT2D eigenvalue weighted by atomic mass is 16.5. The highest BCUT2D eigenvalue weighted by Gasteiger charge is 2.22. The fourth-order valence-electron chi connectivity index (χ4n) is 3.31. The molecule has 0 fully saturated rings. The molecule has 1 atom stereocenters. The number of nitrogens with zero attached hydrogens (tertiary/aromatic N) is 2. The first kappa shape index (κ1) is 21.9. The van der Waals surface area contributed by atoms with Gasteiger partial charge in [0.15, 0.2) is 0 Å². The van der Waals surface area contributed by atoms with Crippen LogP contribution in [0.15, 0.2) is 42.0 Å². The fraction of sp³-hybridized carbons (Fsp3) is 0.292. The highest BCUT2D eigenvalue weighted by Crippen LogP contribution is 2.36. The van der Waals surface area contributed by atoms with Gasteiger partial charge in [0.2, 0.25) is 0 Å². The van der Waals surface area contributed by atoms with Crippen molar-refractivity contribution in [3.8, 4) is 17.6 Å². The lowest BCUT2D eigenvalue weighted by molar-refractivity contribution is -0.112. The monoisotopic (exact) mass is 419 g/mol. The maximum Gasteiger partial charge on any atom is 0.266 e. The van der Waals surface area contributed by atoms with Gasteiger partial charge in [0, 0.05) is 42.9 Å². The Balaban J connectivity index is 1.83. The molecule has 0 saturated heterocycles. The summed E-state index contributed by atoms with van der Waals surface area (Å²) < 4.78 is 11.5. The summed E-state index contributed by atoms with van der Waals surface area (Å²) in [5, 5.41) is 12.3. The number of anilines is 1. The lowest BCUT2D eigenvalue weighted by atomic mass is 10.0. The minimum absolute atomic E-state index is 0.0691. The minimum Gasteiger partial charge on any atom is -0.493 e. The molecule has 160 valence electrons. The van der Waals surface area contributed by atoms with Crippen molar-refractivity contribution in [2.24, 2.45) is 0 Å². The molecule has 2 aromatic rings. The van der Waals surface area contributed by atoms with E-state index in [0.717, 1.165) is 17.7 Å². The zero-order valence-corrected chi connectivity index (χ0v) is 18.1. The van der Waals surface area contributed by atoms with Crippen LogP contribution in [0.3, 0.4) is 0 Å². The number of ether oxygens (including phenoxy) is 2. The maximum atomic E-state index is 12.7. The Hall–Kier alpha value is -3.79. The second kappa shape index (κ2) is 9.35. The molecule has 0 unspecified atom stereocenters. The molecule has 31 heavy (non-hydrogen) atoms. The quantitative estimate of drug-likeness (QED) is 0.570. The van der Waals surface area contributed by atoms with E-state index in [4.69, 9.17) is 9.47 Å². The van der Waals surface area contributed by atoms with Gasteiger partial charge in [0.1, 0.15) is 29.2 Å². The largest absolute Gasteiger partial charge is 0.493 e. The minimum atomic E-state index is -0.550. The van der Waals surface area contributed by atoms with E-state index < -0.39 is 5.91 Å². The molecule has 1 aliphatic rings. The Labute approximate surface area is 181 Å². The van der Waals surface area contributed by atoms with E-state index >= 15 is 0 Å². The number of rotatable bonds is 6. The molecule has 0 saturated carbocycles. The Morgan fingerprint density at radius 3 is 2.61 bits per heavy atom. The van der Waals surface area contributed by atoms with E-state index in [2.05, 4.69) is 5.32 Å². The van der Waals surface area contributed by atoms with Gasteiger partial charge >= 0.3 is 0 Å². The molecule has 0 aliphatic carbocycles. The van der Waals surface area contributed by atoms with Gasteiger partial charge in [-0.05, 0) is 56.3 Å². The molecule has 3 rings (SSSR count). The average molecular weight is 419 g/mol. The van der Waals surface area contributed by atoms with E-state index in [9.17, 15) is 14.9 Å². The Morgan fingerprint density at radius 2 is 2.00 bits per heavy atom. The first-order valence-corrected chi connectivity index (χ1v) is 10.0. The number of benzene rings is 2. The molecule has 0 bridgehead atoms. The second-order valence-electron chi connectivity index (χ2n) is 7.46. The van der Waals surface area contributed by atoms with Crippen molar-refractivity contribution in [2.75, 3.05) is 26.0 Å². The molecule has 1 aliphatic heterocycles. The number of amides is 2. The number of hydrogen-bond acceptors (Lipinski definition) is 5. The molecular weight excluding hydrogens is 394 g/mol. The third-order valence-corrected chi connectivity index (χ3v) is 4.79. The van der Waals surface area contributed by atoms with Crippen molar-refractivity contribution in [1.29, 1.82) is 5.26 Å². The van der Waals surface area contributed by atoms with Crippen molar-refractivity contribution >= 4 is 23.6 Å². The SMILES string of the molecule is CCOc1cc2c(cc1/C=C(\C#N)C(=O)Nc1ccc(C(=O)N(C)C)cc1)O[C@@H](C)C2. The molecule has 7 nitrogen and oxygen atoms in total. The number of fused-ring (bicyclic) bond motifs is 1. The first-order chi connectivity index (χ1) is 14.8. The predicted octanol–water partition coefficient (Wildman–Crippen LogP) is 3.66. The van der Waals surface area contributed by atoms with Gasteiger partial charge in [-0.2, -0.15) is 5.26 Å². The van der Waals surface area contributed by atoms with Gasteiger partial charge in [-0.15, -0.1) is 0 Å². The van der Waals surface area contributed by atoms with E-state index in [0.29, 0.717) is 29.2 Å². The molecule has 0 radical (unpaired) electrons. The van der Waals surface area contributed by atoms with Gasteiger partial charge in [-0.1, -0.05) is 0 Å². The summed E-state index contributed by atoms with van der Waals surface area (Å²) >= 11 is 0. The number of nitrogens with one attached hydrogen (secondary N) is 1. The van der Waals surface area contributed by atoms with Crippen LogP contribution in [0, 0.1) is 11.3 Å². The van der Waals surface area contributed by atoms with Crippen LogP contribution < -0.4 is 14.8 Å². The Kier molecular flexibility index (Phi) is 6.61. The summed E-state index contributed by atoms with van der Waals surface area (Å²) in [6.07, 6.45) is 2.36. The van der Waals surface area contributed by atoms with Crippen LogP contribution in [0.25, 0.3) is 6.08 Å². The summed E-state index contributed by atoms with van der Waals surface area (Å²) in [6, 6.07) is 12.2. The zero-order chi connectivity index (χ0) is 22.5. The number of carbonyl (C=O) groups is 2. The van der Waals surface area contributed by atoms with Crippen molar-refractivity contribution in [3.63, 3.8) is 0 Å². The van der Waals surface area contributed by atoms with Crippen LogP contribution in [0.4, 0.5) is 5.69 Å². The Morgan fingerprint density at radius 1 is 1.29 bits per heavy atom. The van der Waals surface area contributed by atoms with E-state index in [1.807, 2.05) is 26.0 Å². The summed E-state index contributed by atoms with van der Waals surface area (Å²) in [7, 11) is 3.34. The molecule has 1 heterocycles. The summed E-state index contributed by atoms with van der Waals surface area (Å²) in [4.78, 5) is 26.1. The maximum absolute atomic E-state index is 12.7. The third-order valence-electron chi connectivity index (χ3n) is 4.79. The smallest absolute Gasteiger partial charge is 0.266 e. The molecule has 2 aromatic carbocycles. The zero-order valence-electron chi connectivity index (χ0n) is 18.1. The first-order valence-electron chi connectivity index (χ1n) is 10.0. The second-order valence-corrected chi connectivity index (χ2v) is 7.46. The van der Waals surface area contributed by atoms with E-state index in [1.165, 1.54) is 11.0 Å². The van der Waals surface area contributed by atoms with Gasteiger partial charge in [-0.25, -0.2) is 0 Å². The lowest BCUT2D eigenvalue weighted by Gasteiger charge is -2.12. The third kappa shape index (κ3) is 5.04. The van der Waals surface area contributed by atoms with Crippen LogP contribution >= 0.6 is 0 Å². The number of nitriles is 1. The highest BCUT2D eigenvalue weighted by molar-refractivity contribution is 6.10. The van der Waals surface area contributed by atoms with Crippen LogP contribution in [0.1, 0.15) is 35.3 Å². The van der Waals surface area contributed by atoms with E-state index in [1.54, 1.807) is 44.4 Å². The van der Waals surface area contributed by atoms with Crippen molar-refractivity contribution < 1.29 is 19.1 Å². The molecule has 0 spiro atoms. The summed E-state index contributed by atoms with van der Waals surface area (Å²) in [5.41, 5.74) is 2.57. The van der Waals surface area contributed by atoms with Gasteiger partial charge in [-0.3, -0.25) is 9.59 Å². The topological polar surface area (TPSA) is 91.7 Å². The van der Waals surface area contributed by atoms with Crippen LogP contribution in [0.5, 0.6) is 11.5 Å². The van der Waals surface area contributed by atoms with Gasteiger partial charge in [0.05, 0.1) is 6.61 Å². The van der Waals surface area contributed by atoms with Crippen molar-refractivity contribution in [1.82, 2.24) is 4.90 Å². The molecular formula is C24H25N3O4. The summed E-state index contributed by atoms with van der Waals surface area (Å²) in [5.74, 6) is 0.658. The van der Waals surface area contributed by atoms with Crippen molar-refractivity contribution in [2.45, 2.75) is 26.4 Å². The average Bonchev–Trinajstić information content (AvgIpc) is 3.10.